The fourth-order valence-corrected chi connectivity index (χ4v) is 6.18. The van der Waals surface area contributed by atoms with Crippen LogP contribution in [-0.2, 0) is 32.7 Å². The van der Waals surface area contributed by atoms with Crippen LogP contribution in [0.15, 0.2) is 0 Å². The molecule has 0 aromatic carbocycles. The Morgan fingerprint density at radius 3 is 1.35 bits per heavy atom. The number of hydrogen-bond donors (Lipinski definition) is 4. The number of nitrogens with two attached hydrogens (primary N) is 1. The monoisotopic (exact) mass is 639 g/mol. The topological polar surface area (TPSA) is 175 Å². The molecular weight excluding hydrogens is 577 g/mol. The van der Waals surface area contributed by atoms with E-state index in [1.165, 1.54) is 0 Å². The summed E-state index contributed by atoms with van der Waals surface area (Å²) in [4.78, 5) is 37.2. The number of aliphatic hydroxyl groups excluding tert-OH is 2. The van der Waals surface area contributed by atoms with Gasteiger partial charge in [0.05, 0.1) is 13.2 Å². The Kier molecular flexibility index (Phi) is 27.1. The minimum Gasteiger partial charge on any atom is -0.394 e. The van der Waals surface area contributed by atoms with Gasteiger partial charge >= 0.3 is 7.82 Å². The third-order valence-corrected chi connectivity index (χ3v) is 8.63. The van der Waals surface area contributed by atoms with Gasteiger partial charge in [0.1, 0.15) is 6.10 Å². The highest BCUT2D eigenvalue weighted by Crippen LogP contribution is 2.49. The molecule has 0 aliphatic carbocycles. The lowest BCUT2D eigenvalue weighted by Crippen LogP contribution is -2.58. The number of hydrogen-bond acceptors (Lipinski definition) is 10. The van der Waals surface area contributed by atoms with Gasteiger partial charge in [-0.25, -0.2) is 4.57 Å². The van der Waals surface area contributed by atoms with Crippen LogP contribution in [0.25, 0.3) is 0 Å². The largest absolute Gasteiger partial charge is 0.473 e. The average Bonchev–Trinajstić information content (AvgIpc) is 2.99. The summed E-state index contributed by atoms with van der Waals surface area (Å²) in [6.07, 6.45) is 15.1. The summed E-state index contributed by atoms with van der Waals surface area (Å²) in [7, 11) is -1.54. The van der Waals surface area contributed by atoms with Crippen molar-refractivity contribution in [2.24, 2.45) is 5.73 Å². The molecule has 256 valence electrons. The Hall–Kier alpha value is -0.750. The number of ketones is 2. The Bertz CT molecular complexity index is 701. The Labute approximate surface area is 260 Å². The normalized spacial score (nSPS) is 14.1. The average molecular weight is 640 g/mol. The van der Waals surface area contributed by atoms with Crippen molar-refractivity contribution in [1.29, 1.82) is 0 Å². The molecule has 0 aliphatic rings. The molecule has 12 heteroatoms. The van der Waals surface area contributed by atoms with Crippen LogP contribution in [0.1, 0.15) is 128 Å². The highest BCUT2D eigenvalue weighted by Gasteiger charge is 2.55. The van der Waals surface area contributed by atoms with Gasteiger partial charge < -0.3 is 30.3 Å². The first-order valence-corrected chi connectivity index (χ1v) is 17.9. The summed E-state index contributed by atoms with van der Waals surface area (Å²) in [6, 6.07) is 0. The Morgan fingerprint density at radius 2 is 1.02 bits per heavy atom. The smallest absolute Gasteiger partial charge is 0.394 e. The van der Waals surface area contributed by atoms with Crippen LogP contribution in [0.3, 0.4) is 0 Å². The second-order valence-corrected chi connectivity index (χ2v) is 12.7. The molecule has 0 fully saturated rings. The molecule has 0 radical (unpaired) electrons. The van der Waals surface area contributed by atoms with Gasteiger partial charge in [-0.15, -0.1) is 0 Å². The zero-order valence-electron chi connectivity index (χ0n) is 27.0. The summed E-state index contributed by atoms with van der Waals surface area (Å²) in [6.45, 7) is 0.136. The lowest BCUT2D eigenvalue weighted by atomic mass is 9.82. The molecule has 0 bridgehead atoms. The zero-order valence-corrected chi connectivity index (χ0v) is 27.9. The number of carbonyl (C=O) groups excluding carboxylic acids is 2. The second kappa shape index (κ2) is 27.6. The molecular formula is C31H62NO10P. The van der Waals surface area contributed by atoms with Crippen molar-refractivity contribution in [3.8, 4) is 0 Å². The van der Waals surface area contributed by atoms with Crippen molar-refractivity contribution in [3.63, 3.8) is 0 Å². The molecule has 0 saturated heterocycles. The molecule has 11 nitrogen and oxygen atoms in total. The van der Waals surface area contributed by atoms with Gasteiger partial charge in [-0.1, -0.05) is 89.9 Å². The number of rotatable bonds is 33. The zero-order chi connectivity index (χ0) is 32.2. The lowest BCUT2D eigenvalue weighted by molar-refractivity contribution is -0.164. The summed E-state index contributed by atoms with van der Waals surface area (Å²) >= 11 is 0. The summed E-state index contributed by atoms with van der Waals surface area (Å²) in [5.74, 6) is -1.65. The fraction of sp³-hybridized carbons (Fsp3) is 0.935. The van der Waals surface area contributed by atoms with Crippen LogP contribution in [0.5, 0.6) is 0 Å². The molecule has 2 atom stereocenters. The highest BCUT2D eigenvalue weighted by atomic mass is 31.2. The van der Waals surface area contributed by atoms with E-state index in [1.54, 1.807) is 14.2 Å². The Balaban J connectivity index is 5.00. The molecule has 0 saturated carbocycles. The minimum atomic E-state index is -4.95. The molecule has 0 rings (SSSR count). The SMILES string of the molecule is COCCCCCCCCCCCC(=O)C(OP(=O)(O)OCCN)(C(=O)CCCCCCCCCCCOC)[C@@H](O)CO. The van der Waals surface area contributed by atoms with E-state index in [2.05, 4.69) is 0 Å². The number of Topliss-reactive ketones (excluding diaryl/α,β-unsaturated/α-hetero) is 2. The van der Waals surface area contributed by atoms with E-state index in [4.69, 9.17) is 24.3 Å². The van der Waals surface area contributed by atoms with Crippen LogP contribution < -0.4 is 5.73 Å². The maximum atomic E-state index is 13.5. The van der Waals surface area contributed by atoms with Crippen LogP contribution in [-0.4, -0.2) is 85.6 Å². The van der Waals surface area contributed by atoms with Gasteiger partial charge in [0.25, 0.3) is 0 Å². The minimum absolute atomic E-state index is 0.0916. The number of unbranched alkanes of at least 4 members (excludes halogenated alkanes) is 16. The molecule has 0 spiro atoms. The van der Waals surface area contributed by atoms with E-state index in [-0.39, 0.29) is 26.0 Å². The molecule has 5 N–H and O–H groups in total. The number of aliphatic hydroxyl groups is 2. The maximum Gasteiger partial charge on any atom is 0.473 e. The van der Waals surface area contributed by atoms with Crippen LogP contribution in [0.4, 0.5) is 0 Å². The summed E-state index contributed by atoms with van der Waals surface area (Å²) < 4.78 is 32.8. The number of ether oxygens (including phenoxy) is 2. The second-order valence-electron chi connectivity index (χ2n) is 11.3. The van der Waals surface area contributed by atoms with Gasteiger partial charge in [0, 0.05) is 46.8 Å². The third-order valence-electron chi connectivity index (χ3n) is 7.61. The standard InChI is InChI=1S/C31H62NO10P/c1-39-24-19-15-11-7-3-5-9-13-17-21-28(34)31(30(36)27-33,42-43(37,38)41-26-23-32)29(35)22-18-14-10-6-4-8-12-16-20-25-40-2/h30,33,36H,3-27,32H2,1-2H3,(H,37,38)/t30-/m0/s1. The molecule has 0 aromatic heterocycles. The highest BCUT2D eigenvalue weighted by molar-refractivity contribution is 7.47. The van der Waals surface area contributed by atoms with E-state index in [0.717, 1.165) is 116 Å². The number of methoxy groups -OCH3 is 2. The first-order valence-electron chi connectivity index (χ1n) is 16.4. The number of phosphoric acid groups is 1. The Morgan fingerprint density at radius 1 is 0.674 bits per heavy atom. The lowest BCUT2D eigenvalue weighted by Gasteiger charge is -2.35. The van der Waals surface area contributed by atoms with E-state index >= 15 is 0 Å². The predicted molar refractivity (Wildman–Crippen MR) is 168 cm³/mol. The first-order chi connectivity index (χ1) is 20.7. The van der Waals surface area contributed by atoms with Gasteiger partial charge in [0.2, 0.25) is 5.60 Å². The van der Waals surface area contributed by atoms with Gasteiger partial charge in [-0.2, -0.15) is 0 Å². The van der Waals surface area contributed by atoms with Gasteiger partial charge in [-0.3, -0.25) is 18.6 Å². The van der Waals surface area contributed by atoms with Crippen molar-refractivity contribution < 1.29 is 47.8 Å². The first kappa shape index (κ1) is 42.2. The van der Waals surface area contributed by atoms with Crippen molar-refractivity contribution in [2.45, 2.75) is 140 Å². The van der Waals surface area contributed by atoms with Crippen LogP contribution in [0, 0.1) is 0 Å². The summed E-state index contributed by atoms with van der Waals surface area (Å²) in [5, 5.41) is 20.5. The van der Waals surface area contributed by atoms with Gasteiger partial charge in [-0.05, 0) is 25.7 Å². The van der Waals surface area contributed by atoms with Crippen LogP contribution >= 0.6 is 7.82 Å². The quantitative estimate of drug-likeness (QED) is 0.0411. The van der Waals surface area contributed by atoms with E-state index in [0.29, 0.717) is 12.8 Å². The van der Waals surface area contributed by atoms with Crippen molar-refractivity contribution in [2.75, 3.05) is 47.2 Å². The van der Waals surface area contributed by atoms with Crippen molar-refractivity contribution >= 4 is 19.4 Å². The summed E-state index contributed by atoms with van der Waals surface area (Å²) in [5.41, 5.74) is 2.68. The van der Waals surface area contributed by atoms with E-state index in [9.17, 15) is 29.3 Å². The fourth-order valence-electron chi connectivity index (χ4n) is 5.10. The van der Waals surface area contributed by atoms with E-state index < -0.39 is 37.7 Å². The molecule has 0 aliphatic heterocycles. The maximum absolute atomic E-state index is 13.5. The molecule has 0 aromatic rings. The van der Waals surface area contributed by atoms with Crippen LogP contribution in [0.2, 0.25) is 0 Å². The van der Waals surface area contributed by atoms with Crippen molar-refractivity contribution in [1.82, 2.24) is 0 Å². The van der Waals surface area contributed by atoms with Crippen molar-refractivity contribution in [3.05, 3.63) is 0 Å². The van der Waals surface area contributed by atoms with Gasteiger partial charge in [0.15, 0.2) is 11.6 Å². The molecule has 43 heavy (non-hydrogen) atoms. The molecule has 1 unspecified atom stereocenters. The molecule has 0 heterocycles. The molecule has 0 amide bonds. The third kappa shape index (κ3) is 20.1. The number of phosphoric ester groups is 1. The van der Waals surface area contributed by atoms with E-state index in [1.807, 2.05) is 0 Å². The number of carbonyl (C=O) groups is 2. The predicted octanol–water partition coefficient (Wildman–Crippen LogP) is 5.40.